The number of hydrogen-bond acceptors (Lipinski definition) is 6. The number of nitrogen functional groups attached to an aromatic ring is 1. The highest BCUT2D eigenvalue weighted by atomic mass is 32.1. The lowest BCUT2D eigenvalue weighted by Crippen LogP contribution is -2.22. The van der Waals surface area contributed by atoms with Crippen molar-refractivity contribution in [2.45, 2.75) is 26.8 Å². The lowest BCUT2D eigenvalue weighted by atomic mass is 10.2. The van der Waals surface area contributed by atoms with Gasteiger partial charge in [0.15, 0.2) is 0 Å². The summed E-state index contributed by atoms with van der Waals surface area (Å²) in [5.74, 6) is 0.217. The second-order valence-electron chi connectivity index (χ2n) is 6.99. The molecule has 0 aliphatic carbocycles. The van der Waals surface area contributed by atoms with Crippen LogP contribution in [-0.2, 0) is 20.4 Å². The molecule has 184 valence electrons. The number of rotatable bonds is 11. The normalized spacial score (nSPS) is 13.4. The fraction of sp³-hybridized carbons (Fsp3) is 0.238. The average molecular weight is 513 g/mol. The van der Waals surface area contributed by atoms with Gasteiger partial charge in [0.2, 0.25) is 6.41 Å². The van der Waals surface area contributed by atoms with Gasteiger partial charge in [0, 0.05) is 34.3 Å². The molecule has 2 aromatic rings. The number of hydrogen-bond donors (Lipinski definition) is 5. The maximum absolute atomic E-state index is 13.8. The van der Waals surface area contributed by atoms with Crippen LogP contribution in [0.2, 0.25) is 0 Å². The van der Waals surface area contributed by atoms with E-state index in [1.165, 1.54) is 35.4 Å². The summed E-state index contributed by atoms with van der Waals surface area (Å²) < 4.78 is 29.4. The van der Waals surface area contributed by atoms with Crippen molar-refractivity contribution >= 4 is 42.5 Å². The zero-order valence-electron chi connectivity index (χ0n) is 18.5. The number of phosphoric acid groups is 1. The number of carbonyl (C=O) groups is 1. The number of halogens is 1. The van der Waals surface area contributed by atoms with Crippen LogP contribution < -0.4 is 5.73 Å². The van der Waals surface area contributed by atoms with Crippen LogP contribution in [0.3, 0.4) is 0 Å². The molecule has 0 bridgehead atoms. The lowest BCUT2D eigenvalue weighted by molar-refractivity contribution is -0.116. The molecule has 10 nitrogen and oxygen atoms in total. The second kappa shape index (κ2) is 12.7. The summed E-state index contributed by atoms with van der Waals surface area (Å²) in [6, 6.07) is 6.01. The predicted octanol–water partition coefficient (Wildman–Crippen LogP) is 3.06. The summed E-state index contributed by atoms with van der Waals surface area (Å²) in [4.78, 5) is 39.6. The van der Waals surface area contributed by atoms with E-state index in [-0.39, 0.29) is 47.4 Å². The molecule has 1 amide bonds. The number of aliphatic hydroxyl groups excluding tert-OH is 1. The Morgan fingerprint density at radius 2 is 2.06 bits per heavy atom. The Balaban J connectivity index is 2.36. The maximum Gasteiger partial charge on any atom is 0.469 e. The van der Waals surface area contributed by atoms with Crippen molar-refractivity contribution in [2.24, 2.45) is 0 Å². The topological polar surface area (TPSA) is 159 Å². The Hall–Kier alpha value is -2.73. The molecule has 0 saturated heterocycles. The van der Waals surface area contributed by atoms with E-state index in [0.29, 0.717) is 28.4 Å². The van der Waals surface area contributed by atoms with E-state index in [9.17, 15) is 18.9 Å². The van der Waals surface area contributed by atoms with E-state index >= 15 is 0 Å². The van der Waals surface area contributed by atoms with Gasteiger partial charge in [-0.15, -0.1) is 11.4 Å². The standard InChI is InChI=1S/C21H26FN4O6PS/c1-14(26(13-27)12-17-11-24-15(2)25-21(17)23)19(9-10-32-33(29,30)31)34-20(28)8-7-16-5-3-4-6-18(16)22/h3-8,11,13,28,34H,9-10,12H2,1-2H3,(H2,23,24,25)(H2,29,30,31)/b8-7+,19-14-. The van der Waals surface area contributed by atoms with Crippen LogP contribution in [0.15, 0.2) is 47.1 Å². The van der Waals surface area contributed by atoms with E-state index in [1.807, 2.05) is 0 Å². The second-order valence-corrected chi connectivity index (χ2v) is 9.45. The number of aliphatic hydroxyl groups is 1. The molecule has 0 fully saturated rings. The van der Waals surface area contributed by atoms with Crippen molar-refractivity contribution in [3.63, 3.8) is 0 Å². The molecule has 1 aromatic heterocycles. The third-order valence-electron chi connectivity index (χ3n) is 4.50. The minimum absolute atomic E-state index is 0.0136. The molecule has 0 spiro atoms. The molecule has 0 unspecified atom stereocenters. The maximum atomic E-state index is 13.8. The Kier molecular flexibility index (Phi) is 10.2. The largest absolute Gasteiger partial charge is 0.469 e. The number of phosphoric ester groups is 1. The van der Waals surface area contributed by atoms with E-state index in [2.05, 4.69) is 14.5 Å². The van der Waals surface area contributed by atoms with Crippen molar-refractivity contribution < 1.29 is 33.2 Å². The van der Waals surface area contributed by atoms with Crippen LogP contribution >= 0.6 is 19.2 Å². The van der Waals surface area contributed by atoms with Gasteiger partial charge in [-0.1, -0.05) is 18.2 Å². The minimum atomic E-state index is -4.71. The molecule has 0 aliphatic rings. The summed E-state index contributed by atoms with van der Waals surface area (Å²) in [6.07, 6.45) is 4.73. The molecule has 34 heavy (non-hydrogen) atoms. The van der Waals surface area contributed by atoms with E-state index in [0.717, 1.165) is 0 Å². The van der Waals surface area contributed by atoms with Crippen LogP contribution in [0.5, 0.6) is 0 Å². The predicted molar refractivity (Wildman–Crippen MR) is 130 cm³/mol. The monoisotopic (exact) mass is 512 g/mol. The third-order valence-corrected chi connectivity index (χ3v) is 6.21. The molecule has 0 saturated carbocycles. The van der Waals surface area contributed by atoms with Gasteiger partial charge in [0.25, 0.3) is 0 Å². The zero-order valence-corrected chi connectivity index (χ0v) is 20.3. The van der Waals surface area contributed by atoms with Crippen LogP contribution in [0.4, 0.5) is 10.2 Å². The molecular weight excluding hydrogens is 486 g/mol. The highest BCUT2D eigenvalue weighted by molar-refractivity contribution is 8.02. The van der Waals surface area contributed by atoms with Gasteiger partial charge in [-0.25, -0.2) is 18.9 Å². The van der Waals surface area contributed by atoms with Crippen molar-refractivity contribution in [1.29, 1.82) is 0 Å². The Morgan fingerprint density at radius 1 is 1.35 bits per heavy atom. The van der Waals surface area contributed by atoms with Crippen LogP contribution in [0, 0.1) is 12.7 Å². The first-order valence-corrected chi connectivity index (χ1v) is 12.3. The number of aromatic nitrogens is 2. The van der Waals surface area contributed by atoms with Gasteiger partial charge in [-0.2, -0.15) is 0 Å². The summed E-state index contributed by atoms with van der Waals surface area (Å²) >= 11 is 0.227. The molecular formula is C21H26FN4O6PS. The number of thiol groups is 1. The first kappa shape index (κ1) is 27.5. The number of nitrogens with two attached hydrogens (primary N) is 1. The number of amides is 1. The van der Waals surface area contributed by atoms with Gasteiger partial charge in [-0.3, -0.25) is 9.32 Å². The molecule has 13 heteroatoms. The highest BCUT2D eigenvalue weighted by Gasteiger charge is 2.16. The molecule has 0 atom stereocenters. The SMILES string of the molecule is C/C(=C(CCOP(=O)(O)O)/[SH]=C(O)\C=C\c1ccccc1F)N(C=O)Cc1cnc(C)nc1N. The van der Waals surface area contributed by atoms with Crippen LogP contribution in [0.1, 0.15) is 30.3 Å². The Bertz CT molecular complexity index is 1170. The highest BCUT2D eigenvalue weighted by Crippen LogP contribution is 2.36. The first-order chi connectivity index (χ1) is 16.0. The fourth-order valence-corrected chi connectivity index (χ4v) is 4.00. The molecule has 2 rings (SSSR count). The van der Waals surface area contributed by atoms with Crippen LogP contribution in [0.25, 0.3) is 6.08 Å². The first-order valence-electron chi connectivity index (χ1n) is 9.90. The van der Waals surface area contributed by atoms with Crippen molar-refractivity contribution in [2.75, 3.05) is 12.3 Å². The van der Waals surface area contributed by atoms with Crippen molar-refractivity contribution in [3.05, 3.63) is 69.9 Å². The van der Waals surface area contributed by atoms with Gasteiger partial charge in [-0.05, 0) is 32.1 Å². The fourth-order valence-electron chi connectivity index (χ4n) is 2.75. The number of benzene rings is 1. The summed E-state index contributed by atoms with van der Waals surface area (Å²) in [5.41, 5.74) is 7.07. The van der Waals surface area contributed by atoms with Crippen molar-refractivity contribution in [1.82, 2.24) is 14.9 Å². The summed E-state index contributed by atoms with van der Waals surface area (Å²) in [6.45, 7) is 2.95. The Morgan fingerprint density at radius 3 is 2.68 bits per heavy atom. The number of nitrogens with zero attached hydrogens (tertiary/aromatic N) is 3. The summed E-state index contributed by atoms with van der Waals surface area (Å²) in [7, 11) is -4.71. The van der Waals surface area contributed by atoms with E-state index in [1.54, 1.807) is 26.0 Å². The smallest absolute Gasteiger partial charge is 0.383 e. The van der Waals surface area contributed by atoms with Crippen molar-refractivity contribution in [3.8, 4) is 0 Å². The number of allylic oxidation sites excluding steroid dienone is 1. The number of anilines is 1. The Labute approximate surface area is 199 Å². The molecule has 1 heterocycles. The summed E-state index contributed by atoms with van der Waals surface area (Å²) in [5, 5.41) is 10.2. The zero-order chi connectivity index (χ0) is 25.3. The molecule has 0 aliphatic heterocycles. The third kappa shape index (κ3) is 8.90. The van der Waals surface area contributed by atoms with Gasteiger partial charge in [0.05, 0.1) is 18.2 Å². The number of carbonyl (C=O) groups excluding carboxylic acids is 1. The molecule has 0 radical (unpaired) electrons. The lowest BCUT2D eigenvalue weighted by Gasteiger charge is -2.21. The van der Waals surface area contributed by atoms with E-state index < -0.39 is 13.6 Å². The van der Waals surface area contributed by atoms with Gasteiger partial charge < -0.3 is 25.5 Å². The molecule has 5 N–H and O–H groups in total. The number of aryl methyl sites for hydroxylation is 1. The van der Waals surface area contributed by atoms with Gasteiger partial charge in [0.1, 0.15) is 17.5 Å². The average Bonchev–Trinajstić information content (AvgIpc) is 2.76. The van der Waals surface area contributed by atoms with Crippen LogP contribution in [-0.4, -0.2) is 47.8 Å². The molecule has 1 aromatic carbocycles. The van der Waals surface area contributed by atoms with E-state index in [4.69, 9.17) is 15.5 Å². The minimum Gasteiger partial charge on any atom is -0.383 e. The van der Waals surface area contributed by atoms with Gasteiger partial charge >= 0.3 is 7.82 Å². The quantitative estimate of drug-likeness (QED) is 0.100.